The molecule has 2 rings (SSSR count). The van der Waals surface area contributed by atoms with Crippen LogP contribution in [0.15, 0.2) is 41.4 Å². The second kappa shape index (κ2) is 5.33. The molecule has 0 aliphatic heterocycles. The summed E-state index contributed by atoms with van der Waals surface area (Å²) in [5.41, 5.74) is 7.01. The Morgan fingerprint density at radius 1 is 1.26 bits per heavy atom. The maximum absolute atomic E-state index is 12.3. The third kappa shape index (κ3) is 2.88. The quantitative estimate of drug-likeness (QED) is 0.871. The number of aromatic nitrogens is 2. The minimum atomic E-state index is -3.68. The highest BCUT2D eigenvalue weighted by molar-refractivity contribution is 7.92. The third-order valence-corrected chi connectivity index (χ3v) is 4.22. The summed E-state index contributed by atoms with van der Waals surface area (Å²) < 4.78 is 26.9. The second-order valence-corrected chi connectivity index (χ2v) is 5.61. The number of hydrogen-bond acceptors (Lipinski definition) is 5. The van der Waals surface area contributed by atoms with Gasteiger partial charge in [-0.05, 0) is 36.2 Å². The number of rotatable bonds is 4. The summed E-state index contributed by atoms with van der Waals surface area (Å²) in [6.45, 7) is 2.02. The van der Waals surface area contributed by atoms with E-state index in [9.17, 15) is 8.42 Å². The van der Waals surface area contributed by atoms with Gasteiger partial charge in [-0.1, -0.05) is 12.1 Å². The van der Waals surface area contributed by atoms with Crippen molar-refractivity contribution in [2.24, 2.45) is 5.73 Å². The third-order valence-electron chi connectivity index (χ3n) is 2.72. The lowest BCUT2D eigenvalue weighted by molar-refractivity contribution is 0.600. The first-order chi connectivity index (χ1) is 9.04. The molecule has 7 heteroatoms. The van der Waals surface area contributed by atoms with Gasteiger partial charge in [-0.25, -0.2) is 8.42 Å². The van der Waals surface area contributed by atoms with E-state index in [-0.39, 0.29) is 10.7 Å². The largest absolute Gasteiger partial charge is 0.326 e. The number of sulfonamides is 1. The maximum atomic E-state index is 12.3. The Labute approximate surface area is 111 Å². The molecule has 1 heterocycles. The van der Waals surface area contributed by atoms with Crippen molar-refractivity contribution in [2.45, 2.75) is 18.4 Å². The maximum Gasteiger partial charge on any atom is 0.263 e. The highest BCUT2D eigenvalue weighted by Gasteiger charge is 2.18. The van der Waals surface area contributed by atoms with E-state index in [1.54, 1.807) is 25.1 Å². The van der Waals surface area contributed by atoms with Crippen LogP contribution in [0.2, 0.25) is 0 Å². The van der Waals surface area contributed by atoms with Gasteiger partial charge < -0.3 is 5.73 Å². The number of benzene rings is 1. The summed E-state index contributed by atoms with van der Waals surface area (Å²) >= 11 is 0. The summed E-state index contributed by atoms with van der Waals surface area (Å²) in [4.78, 5) is 0.195. The molecule has 100 valence electrons. The zero-order valence-corrected chi connectivity index (χ0v) is 11.2. The summed E-state index contributed by atoms with van der Waals surface area (Å²) in [5.74, 6) is 0.181. The van der Waals surface area contributed by atoms with Gasteiger partial charge in [-0.3, -0.25) is 4.72 Å². The van der Waals surface area contributed by atoms with Crippen LogP contribution in [0.1, 0.15) is 11.1 Å². The van der Waals surface area contributed by atoms with E-state index in [1.165, 1.54) is 18.3 Å². The van der Waals surface area contributed by atoms with Crippen molar-refractivity contribution in [2.75, 3.05) is 4.72 Å². The van der Waals surface area contributed by atoms with E-state index in [4.69, 9.17) is 5.73 Å². The summed E-state index contributed by atoms with van der Waals surface area (Å²) in [6.07, 6.45) is 1.47. The number of hydrogen-bond donors (Lipinski definition) is 2. The molecule has 0 fully saturated rings. The van der Waals surface area contributed by atoms with Gasteiger partial charge in [0.1, 0.15) is 0 Å². The molecule has 0 saturated carbocycles. The Kier molecular flexibility index (Phi) is 3.77. The molecular weight excluding hydrogens is 264 g/mol. The standard InChI is InChI=1S/C12H14N4O2S/c1-9-10(8-13)4-2-5-11(9)19(17,18)16-12-6-3-7-14-15-12/h2-7H,8,13H2,1H3,(H,15,16). The highest BCUT2D eigenvalue weighted by atomic mass is 32.2. The van der Waals surface area contributed by atoms with E-state index in [2.05, 4.69) is 14.9 Å². The van der Waals surface area contributed by atoms with E-state index >= 15 is 0 Å². The van der Waals surface area contributed by atoms with Crippen LogP contribution in [0.5, 0.6) is 0 Å². The highest BCUT2D eigenvalue weighted by Crippen LogP contribution is 2.20. The molecular formula is C12H14N4O2S. The van der Waals surface area contributed by atoms with Gasteiger partial charge >= 0.3 is 0 Å². The fraction of sp³-hybridized carbons (Fsp3) is 0.167. The van der Waals surface area contributed by atoms with Crippen molar-refractivity contribution in [1.82, 2.24) is 10.2 Å². The van der Waals surface area contributed by atoms with Crippen molar-refractivity contribution in [3.8, 4) is 0 Å². The number of nitrogens with one attached hydrogen (secondary N) is 1. The van der Waals surface area contributed by atoms with Crippen LogP contribution < -0.4 is 10.5 Å². The van der Waals surface area contributed by atoms with Gasteiger partial charge in [0.25, 0.3) is 10.0 Å². The summed E-state index contributed by atoms with van der Waals surface area (Å²) in [7, 11) is -3.68. The Morgan fingerprint density at radius 3 is 2.68 bits per heavy atom. The van der Waals surface area contributed by atoms with Crippen LogP contribution in [-0.2, 0) is 16.6 Å². The van der Waals surface area contributed by atoms with Gasteiger partial charge in [0, 0.05) is 12.7 Å². The molecule has 0 unspecified atom stereocenters. The molecule has 19 heavy (non-hydrogen) atoms. The first kappa shape index (κ1) is 13.4. The normalized spacial score (nSPS) is 11.3. The van der Waals surface area contributed by atoms with Crippen LogP contribution in [-0.4, -0.2) is 18.6 Å². The molecule has 0 bridgehead atoms. The predicted molar refractivity (Wildman–Crippen MR) is 71.9 cm³/mol. The average Bonchev–Trinajstić information content (AvgIpc) is 2.39. The Bertz CT molecular complexity index is 671. The molecule has 0 atom stereocenters. The molecule has 0 saturated heterocycles. The lowest BCUT2D eigenvalue weighted by atomic mass is 10.1. The number of nitrogens with two attached hydrogens (primary N) is 1. The fourth-order valence-corrected chi connectivity index (χ4v) is 3.01. The van der Waals surface area contributed by atoms with E-state index in [1.807, 2.05) is 0 Å². The van der Waals surface area contributed by atoms with E-state index in [0.29, 0.717) is 12.1 Å². The molecule has 0 radical (unpaired) electrons. The van der Waals surface area contributed by atoms with Crippen LogP contribution in [0.4, 0.5) is 5.82 Å². The minimum absolute atomic E-state index is 0.181. The lowest BCUT2D eigenvalue weighted by Crippen LogP contribution is -2.16. The topological polar surface area (TPSA) is 98.0 Å². The summed E-state index contributed by atoms with van der Waals surface area (Å²) in [5, 5.41) is 7.32. The van der Waals surface area contributed by atoms with Crippen molar-refractivity contribution < 1.29 is 8.42 Å². The van der Waals surface area contributed by atoms with E-state index < -0.39 is 10.0 Å². The molecule has 1 aromatic carbocycles. The lowest BCUT2D eigenvalue weighted by Gasteiger charge is -2.11. The molecule has 1 aromatic heterocycles. The van der Waals surface area contributed by atoms with Crippen LogP contribution in [0.25, 0.3) is 0 Å². The van der Waals surface area contributed by atoms with Crippen molar-refractivity contribution >= 4 is 15.8 Å². The molecule has 0 spiro atoms. The SMILES string of the molecule is Cc1c(CN)cccc1S(=O)(=O)Nc1cccnn1. The fourth-order valence-electron chi connectivity index (χ4n) is 1.72. The second-order valence-electron chi connectivity index (χ2n) is 3.96. The molecule has 0 aliphatic rings. The van der Waals surface area contributed by atoms with Gasteiger partial charge in [0.2, 0.25) is 0 Å². The van der Waals surface area contributed by atoms with Gasteiger partial charge in [-0.15, -0.1) is 5.10 Å². The first-order valence-corrected chi connectivity index (χ1v) is 7.12. The Hall–Kier alpha value is -1.99. The van der Waals surface area contributed by atoms with Crippen LogP contribution in [0, 0.1) is 6.92 Å². The number of anilines is 1. The molecule has 0 aliphatic carbocycles. The minimum Gasteiger partial charge on any atom is -0.326 e. The van der Waals surface area contributed by atoms with Gasteiger partial charge in [0.05, 0.1) is 4.90 Å². The number of nitrogens with zero attached hydrogens (tertiary/aromatic N) is 2. The molecule has 6 nitrogen and oxygen atoms in total. The van der Waals surface area contributed by atoms with Crippen LogP contribution in [0.3, 0.4) is 0 Å². The smallest absolute Gasteiger partial charge is 0.263 e. The first-order valence-electron chi connectivity index (χ1n) is 5.63. The molecule has 0 amide bonds. The van der Waals surface area contributed by atoms with Crippen molar-refractivity contribution in [3.63, 3.8) is 0 Å². The Balaban J connectivity index is 2.40. The zero-order chi connectivity index (χ0) is 13.9. The molecule has 2 aromatic rings. The zero-order valence-electron chi connectivity index (χ0n) is 10.4. The van der Waals surface area contributed by atoms with Gasteiger partial charge in [0.15, 0.2) is 5.82 Å². The van der Waals surface area contributed by atoms with Gasteiger partial charge in [-0.2, -0.15) is 5.10 Å². The van der Waals surface area contributed by atoms with Crippen molar-refractivity contribution in [1.29, 1.82) is 0 Å². The summed E-state index contributed by atoms with van der Waals surface area (Å²) in [6, 6.07) is 8.14. The van der Waals surface area contributed by atoms with E-state index in [0.717, 1.165) is 5.56 Å². The monoisotopic (exact) mass is 278 g/mol. The molecule has 3 N–H and O–H groups in total. The van der Waals surface area contributed by atoms with Crippen molar-refractivity contribution in [3.05, 3.63) is 47.7 Å². The predicted octanol–water partition coefficient (Wildman–Crippen LogP) is 1.04. The van der Waals surface area contributed by atoms with Crippen LogP contribution >= 0.6 is 0 Å². The Morgan fingerprint density at radius 2 is 2.05 bits per heavy atom. The average molecular weight is 278 g/mol.